The van der Waals surface area contributed by atoms with Crippen molar-refractivity contribution in [3.05, 3.63) is 100 Å². The number of para-hydroxylation sites is 1. The quantitative estimate of drug-likeness (QED) is 0.376. The Bertz CT molecular complexity index is 1080. The summed E-state index contributed by atoms with van der Waals surface area (Å²) in [6.07, 6.45) is 0.411. The van der Waals surface area contributed by atoms with Gasteiger partial charge in [0.1, 0.15) is 11.8 Å². The fraction of sp³-hybridized carbons (Fsp3) is 0.231. The van der Waals surface area contributed by atoms with Crippen LogP contribution in [0.4, 0.5) is 0 Å². The second kappa shape index (κ2) is 13.0. The second-order valence-electron chi connectivity index (χ2n) is 7.55. The number of halogens is 2. The molecule has 178 valence electrons. The molecule has 0 saturated heterocycles. The van der Waals surface area contributed by atoms with E-state index in [4.69, 9.17) is 33.0 Å². The number of aliphatic hydroxyl groups is 1. The van der Waals surface area contributed by atoms with Gasteiger partial charge in [0.25, 0.3) is 5.91 Å². The Kier molecular flexibility index (Phi) is 9.76. The first kappa shape index (κ1) is 25.6. The molecule has 0 aliphatic carbocycles. The molecule has 3 rings (SSSR count). The van der Waals surface area contributed by atoms with Gasteiger partial charge < -0.3 is 20.1 Å². The van der Waals surface area contributed by atoms with Crippen molar-refractivity contribution in [2.45, 2.75) is 19.0 Å². The van der Waals surface area contributed by atoms with Crippen molar-refractivity contribution in [1.29, 1.82) is 0 Å². The van der Waals surface area contributed by atoms with E-state index >= 15 is 0 Å². The topological polar surface area (TPSA) is 78.9 Å². The van der Waals surface area contributed by atoms with E-state index in [1.165, 1.54) is 4.90 Å². The normalized spacial score (nSPS) is 11.5. The highest BCUT2D eigenvalue weighted by Gasteiger charge is 2.31. The van der Waals surface area contributed by atoms with Gasteiger partial charge in [0.2, 0.25) is 5.91 Å². The third kappa shape index (κ3) is 7.22. The molecule has 3 aromatic carbocycles. The molecule has 8 heteroatoms. The van der Waals surface area contributed by atoms with Gasteiger partial charge in [-0.15, -0.1) is 0 Å². The highest BCUT2D eigenvalue weighted by molar-refractivity contribution is 6.32. The summed E-state index contributed by atoms with van der Waals surface area (Å²) in [5.41, 5.74) is 1.46. The summed E-state index contributed by atoms with van der Waals surface area (Å²) in [6.45, 7) is 0.104. The molecule has 0 spiro atoms. The minimum atomic E-state index is -0.905. The maximum absolute atomic E-state index is 13.5. The van der Waals surface area contributed by atoms with Crippen LogP contribution in [0.15, 0.2) is 78.9 Å². The number of hydrogen-bond donors (Lipinski definition) is 2. The van der Waals surface area contributed by atoms with Crippen LogP contribution in [0.1, 0.15) is 23.6 Å². The molecule has 1 atom stereocenters. The van der Waals surface area contributed by atoms with Gasteiger partial charge in [-0.25, -0.2) is 0 Å². The molecule has 0 aliphatic heterocycles. The van der Waals surface area contributed by atoms with E-state index in [2.05, 4.69) is 5.32 Å². The molecular formula is C26H26Cl2N2O4. The molecule has 0 bridgehead atoms. The number of nitrogens with zero attached hydrogens (tertiary/aromatic N) is 1. The average Bonchev–Trinajstić information content (AvgIpc) is 2.85. The smallest absolute Gasteiger partial charge is 0.261 e. The summed E-state index contributed by atoms with van der Waals surface area (Å²) < 4.78 is 5.69. The number of nitrogens with one attached hydrogen (secondary N) is 1. The Morgan fingerprint density at radius 3 is 2.29 bits per heavy atom. The number of carbonyl (C=O) groups is 2. The zero-order valence-corrected chi connectivity index (χ0v) is 20.0. The van der Waals surface area contributed by atoms with Crippen LogP contribution in [0.2, 0.25) is 10.0 Å². The highest BCUT2D eigenvalue weighted by atomic mass is 35.5. The van der Waals surface area contributed by atoms with Gasteiger partial charge in [0.15, 0.2) is 6.61 Å². The Balaban J connectivity index is 1.91. The van der Waals surface area contributed by atoms with Crippen LogP contribution in [0.25, 0.3) is 0 Å². The minimum absolute atomic E-state index is 0.0463. The molecule has 1 unspecified atom stereocenters. The van der Waals surface area contributed by atoms with Crippen LogP contribution in [-0.4, -0.2) is 41.6 Å². The summed E-state index contributed by atoms with van der Waals surface area (Å²) in [4.78, 5) is 28.2. The van der Waals surface area contributed by atoms with Crippen molar-refractivity contribution in [2.24, 2.45) is 0 Å². The van der Waals surface area contributed by atoms with Gasteiger partial charge in [-0.05, 0) is 41.8 Å². The van der Waals surface area contributed by atoms with E-state index in [9.17, 15) is 9.59 Å². The predicted molar refractivity (Wildman–Crippen MR) is 133 cm³/mol. The van der Waals surface area contributed by atoms with Gasteiger partial charge in [-0.1, -0.05) is 77.8 Å². The van der Waals surface area contributed by atoms with E-state index in [0.717, 1.165) is 5.56 Å². The van der Waals surface area contributed by atoms with Gasteiger partial charge in [-0.2, -0.15) is 0 Å². The molecule has 0 fully saturated rings. The average molecular weight is 501 g/mol. The van der Waals surface area contributed by atoms with E-state index < -0.39 is 6.04 Å². The van der Waals surface area contributed by atoms with E-state index in [0.29, 0.717) is 27.8 Å². The lowest BCUT2D eigenvalue weighted by Gasteiger charge is -2.31. The Labute approximate surface area is 209 Å². The first-order valence-electron chi connectivity index (χ1n) is 10.8. The summed E-state index contributed by atoms with van der Waals surface area (Å²) in [5.74, 6) is -0.353. The minimum Gasteiger partial charge on any atom is -0.482 e. The van der Waals surface area contributed by atoms with Crippen molar-refractivity contribution in [3.8, 4) is 5.75 Å². The van der Waals surface area contributed by atoms with Crippen LogP contribution in [0, 0.1) is 0 Å². The van der Waals surface area contributed by atoms with Gasteiger partial charge in [0, 0.05) is 24.7 Å². The number of benzene rings is 3. The maximum atomic E-state index is 13.5. The molecule has 0 radical (unpaired) electrons. The lowest BCUT2D eigenvalue weighted by Crippen LogP contribution is -2.45. The maximum Gasteiger partial charge on any atom is 0.261 e. The van der Waals surface area contributed by atoms with Crippen molar-refractivity contribution < 1.29 is 19.4 Å². The molecule has 0 aliphatic rings. The van der Waals surface area contributed by atoms with E-state index in [-0.39, 0.29) is 38.1 Å². The first-order valence-corrected chi connectivity index (χ1v) is 11.6. The largest absolute Gasteiger partial charge is 0.482 e. The van der Waals surface area contributed by atoms with Crippen LogP contribution in [-0.2, 0) is 16.1 Å². The molecule has 3 aromatic rings. The summed E-state index contributed by atoms with van der Waals surface area (Å²) in [7, 11) is 0. The number of amides is 2. The first-order chi connectivity index (χ1) is 16.5. The van der Waals surface area contributed by atoms with Crippen molar-refractivity contribution in [1.82, 2.24) is 10.2 Å². The summed E-state index contributed by atoms with van der Waals surface area (Å²) in [6, 6.07) is 22.1. The SMILES string of the molecule is O=C(NCCCO)C(c1ccccc1)N(Cc1ccc(Cl)cc1)C(=O)COc1ccccc1Cl. The fourth-order valence-corrected chi connectivity index (χ4v) is 3.71. The van der Waals surface area contributed by atoms with E-state index in [1.807, 2.05) is 30.3 Å². The Morgan fingerprint density at radius 1 is 0.941 bits per heavy atom. The molecular weight excluding hydrogens is 475 g/mol. The predicted octanol–water partition coefficient (Wildman–Crippen LogP) is 4.64. The van der Waals surface area contributed by atoms with Crippen LogP contribution >= 0.6 is 23.2 Å². The lowest BCUT2D eigenvalue weighted by atomic mass is 10.0. The highest BCUT2D eigenvalue weighted by Crippen LogP contribution is 2.26. The standard InChI is InChI=1S/C26H26Cl2N2O4/c27-21-13-11-19(12-14-21)17-30(24(32)18-34-23-10-5-4-9-22(23)28)25(20-7-2-1-3-8-20)26(33)29-15-6-16-31/h1-5,7-14,25,31H,6,15-18H2,(H,29,33). The van der Waals surface area contributed by atoms with Gasteiger partial charge >= 0.3 is 0 Å². The number of hydrogen-bond acceptors (Lipinski definition) is 4. The molecule has 0 saturated carbocycles. The van der Waals surface area contributed by atoms with Gasteiger partial charge in [-0.3, -0.25) is 9.59 Å². The zero-order valence-electron chi connectivity index (χ0n) is 18.5. The molecule has 2 amide bonds. The zero-order chi connectivity index (χ0) is 24.3. The van der Waals surface area contributed by atoms with Crippen molar-refractivity contribution in [3.63, 3.8) is 0 Å². The third-order valence-electron chi connectivity index (χ3n) is 5.08. The summed E-state index contributed by atoms with van der Waals surface area (Å²) in [5, 5.41) is 12.9. The second-order valence-corrected chi connectivity index (χ2v) is 8.39. The Hall–Kier alpha value is -3.06. The molecule has 2 N–H and O–H groups in total. The number of ether oxygens (including phenoxy) is 1. The molecule has 6 nitrogen and oxygen atoms in total. The van der Waals surface area contributed by atoms with Crippen LogP contribution in [0.3, 0.4) is 0 Å². The fourth-order valence-electron chi connectivity index (χ4n) is 3.39. The van der Waals surface area contributed by atoms with Crippen molar-refractivity contribution in [2.75, 3.05) is 19.8 Å². The third-order valence-corrected chi connectivity index (χ3v) is 5.65. The van der Waals surface area contributed by atoms with Gasteiger partial charge in [0.05, 0.1) is 5.02 Å². The summed E-state index contributed by atoms with van der Waals surface area (Å²) >= 11 is 12.2. The number of aliphatic hydroxyl groups excluding tert-OH is 1. The molecule has 34 heavy (non-hydrogen) atoms. The molecule has 0 aromatic heterocycles. The van der Waals surface area contributed by atoms with E-state index in [1.54, 1.807) is 48.5 Å². The number of carbonyl (C=O) groups excluding carboxylic acids is 2. The monoisotopic (exact) mass is 500 g/mol. The lowest BCUT2D eigenvalue weighted by molar-refractivity contribution is -0.143. The number of rotatable bonds is 11. The molecule has 0 heterocycles. The van der Waals surface area contributed by atoms with Crippen LogP contribution in [0.5, 0.6) is 5.75 Å². The van der Waals surface area contributed by atoms with Crippen LogP contribution < -0.4 is 10.1 Å². The van der Waals surface area contributed by atoms with Crippen molar-refractivity contribution >= 4 is 35.0 Å². The Morgan fingerprint density at radius 2 is 1.62 bits per heavy atom.